The fourth-order valence-corrected chi connectivity index (χ4v) is 2.93. The van der Waals surface area contributed by atoms with Crippen molar-refractivity contribution in [1.29, 1.82) is 0 Å². The molecule has 132 valence electrons. The van der Waals surface area contributed by atoms with Gasteiger partial charge in [0.05, 0.1) is 0 Å². The zero-order chi connectivity index (χ0) is 17.2. The Hall–Kier alpha value is -1.32. The summed E-state index contributed by atoms with van der Waals surface area (Å²) in [6, 6.07) is 0. The Morgan fingerprint density at radius 1 is 1.13 bits per heavy atom. The number of hydrogen-bond acceptors (Lipinski definition) is 4. The molecular formula is C19H32O4. The van der Waals surface area contributed by atoms with E-state index in [2.05, 4.69) is 6.92 Å². The first-order valence-electron chi connectivity index (χ1n) is 9.12. The van der Waals surface area contributed by atoms with Crippen LogP contribution < -0.4 is 0 Å². The number of esters is 1. The standard InChI is InChI=1S/C19H32O4/c1-4-5-6-7-8-9-10-11-15-13-17(21)18(19(22)23-15)16(20)12-14(2)3/h14-15,20H,4-13H2,1-3H3/b18-16+. The van der Waals surface area contributed by atoms with E-state index >= 15 is 0 Å². The van der Waals surface area contributed by atoms with E-state index in [-0.39, 0.29) is 35.6 Å². The molecule has 1 aliphatic heterocycles. The fraction of sp³-hybridized carbons (Fsp3) is 0.789. The molecule has 0 amide bonds. The SMILES string of the molecule is CCCCCCCCCC1CC(=O)/C(=C(\O)CC(C)C)C(=O)O1. The zero-order valence-electron chi connectivity index (χ0n) is 14.9. The lowest BCUT2D eigenvalue weighted by molar-refractivity contribution is -0.151. The van der Waals surface area contributed by atoms with Crippen molar-refractivity contribution in [2.75, 3.05) is 0 Å². The topological polar surface area (TPSA) is 63.6 Å². The number of hydrogen-bond donors (Lipinski definition) is 1. The number of cyclic esters (lactones) is 1. The molecule has 1 atom stereocenters. The van der Waals surface area contributed by atoms with Crippen molar-refractivity contribution < 1.29 is 19.4 Å². The summed E-state index contributed by atoms with van der Waals surface area (Å²) in [5, 5.41) is 9.95. The fourth-order valence-electron chi connectivity index (χ4n) is 2.93. The molecule has 4 nitrogen and oxygen atoms in total. The molecule has 0 aliphatic carbocycles. The molecule has 4 heteroatoms. The van der Waals surface area contributed by atoms with E-state index in [0.717, 1.165) is 19.3 Å². The Balaban J connectivity index is 2.36. The number of aliphatic hydroxyl groups is 1. The van der Waals surface area contributed by atoms with Gasteiger partial charge in [0, 0.05) is 12.8 Å². The van der Waals surface area contributed by atoms with Crippen molar-refractivity contribution in [3.05, 3.63) is 11.3 Å². The lowest BCUT2D eigenvalue weighted by Gasteiger charge is -2.24. The highest BCUT2D eigenvalue weighted by Crippen LogP contribution is 2.25. The van der Waals surface area contributed by atoms with Crippen molar-refractivity contribution in [2.45, 2.75) is 91.1 Å². The minimum absolute atomic E-state index is 0.121. The van der Waals surface area contributed by atoms with Gasteiger partial charge in [0.15, 0.2) is 5.78 Å². The first kappa shape index (κ1) is 19.7. The minimum atomic E-state index is -0.646. The highest BCUT2D eigenvalue weighted by molar-refractivity contribution is 6.19. The number of ketones is 1. The number of carbonyl (C=O) groups is 2. The average Bonchev–Trinajstić information content (AvgIpc) is 2.44. The van der Waals surface area contributed by atoms with Gasteiger partial charge in [-0.15, -0.1) is 0 Å². The van der Waals surface area contributed by atoms with Crippen LogP contribution in [-0.2, 0) is 14.3 Å². The third-order valence-electron chi connectivity index (χ3n) is 4.19. The van der Waals surface area contributed by atoms with Gasteiger partial charge in [-0.25, -0.2) is 4.79 Å². The van der Waals surface area contributed by atoms with Crippen LogP contribution >= 0.6 is 0 Å². The molecule has 1 fully saturated rings. The van der Waals surface area contributed by atoms with E-state index in [1.165, 1.54) is 32.1 Å². The van der Waals surface area contributed by atoms with Gasteiger partial charge in [-0.05, 0) is 18.8 Å². The monoisotopic (exact) mass is 324 g/mol. The number of ether oxygens (including phenoxy) is 1. The van der Waals surface area contributed by atoms with Crippen molar-refractivity contribution in [2.24, 2.45) is 5.92 Å². The molecule has 0 bridgehead atoms. The predicted molar refractivity (Wildman–Crippen MR) is 91.2 cm³/mol. The van der Waals surface area contributed by atoms with E-state index in [4.69, 9.17) is 4.74 Å². The number of Topliss-reactive ketones (excluding diaryl/α,β-unsaturated/α-hetero) is 1. The van der Waals surface area contributed by atoms with Crippen LogP contribution in [0, 0.1) is 5.92 Å². The second-order valence-corrected chi connectivity index (χ2v) is 6.98. The number of aliphatic hydroxyl groups excluding tert-OH is 1. The molecular weight excluding hydrogens is 292 g/mol. The van der Waals surface area contributed by atoms with Gasteiger partial charge in [0.2, 0.25) is 0 Å². The number of allylic oxidation sites excluding steroid dienone is 1. The lowest BCUT2D eigenvalue weighted by atomic mass is 9.95. The molecule has 0 aromatic rings. The molecule has 23 heavy (non-hydrogen) atoms. The maximum absolute atomic E-state index is 12.1. The Labute approximate surface area is 140 Å². The third-order valence-corrected chi connectivity index (χ3v) is 4.19. The normalized spacial score (nSPS) is 20.8. The summed E-state index contributed by atoms with van der Waals surface area (Å²) in [4.78, 5) is 24.1. The second-order valence-electron chi connectivity index (χ2n) is 6.98. The summed E-state index contributed by atoms with van der Waals surface area (Å²) in [5.41, 5.74) is -0.130. The Bertz CT molecular complexity index is 403. The van der Waals surface area contributed by atoms with Crippen LogP contribution in [0.2, 0.25) is 0 Å². The predicted octanol–water partition coefficient (Wildman–Crippen LogP) is 4.87. The van der Waals surface area contributed by atoms with Crippen LogP contribution in [0.3, 0.4) is 0 Å². The first-order valence-corrected chi connectivity index (χ1v) is 9.12. The van der Waals surface area contributed by atoms with Crippen LogP contribution in [0.5, 0.6) is 0 Å². The summed E-state index contributed by atoms with van der Waals surface area (Å²) in [6.45, 7) is 6.06. The molecule has 0 spiro atoms. The highest BCUT2D eigenvalue weighted by Gasteiger charge is 2.34. The van der Waals surface area contributed by atoms with E-state index < -0.39 is 5.97 Å². The van der Waals surface area contributed by atoms with Crippen molar-refractivity contribution >= 4 is 11.8 Å². The molecule has 0 aromatic carbocycles. The summed E-state index contributed by atoms with van der Waals surface area (Å²) in [5.74, 6) is -0.849. The van der Waals surface area contributed by atoms with E-state index in [0.29, 0.717) is 6.42 Å². The van der Waals surface area contributed by atoms with Gasteiger partial charge < -0.3 is 9.84 Å². The van der Waals surface area contributed by atoms with Crippen molar-refractivity contribution in [3.8, 4) is 0 Å². The molecule has 0 saturated carbocycles. The summed E-state index contributed by atoms with van der Waals surface area (Å²) >= 11 is 0. The minimum Gasteiger partial charge on any atom is -0.511 e. The summed E-state index contributed by atoms with van der Waals surface area (Å²) in [6.07, 6.45) is 9.35. The van der Waals surface area contributed by atoms with Crippen molar-refractivity contribution in [1.82, 2.24) is 0 Å². The summed E-state index contributed by atoms with van der Waals surface area (Å²) in [7, 11) is 0. The maximum atomic E-state index is 12.1. The molecule has 1 heterocycles. The highest BCUT2D eigenvalue weighted by atomic mass is 16.5. The van der Waals surface area contributed by atoms with Crippen LogP contribution in [0.4, 0.5) is 0 Å². The van der Waals surface area contributed by atoms with E-state index in [1.54, 1.807) is 0 Å². The molecule has 1 unspecified atom stereocenters. The lowest BCUT2D eigenvalue weighted by Crippen LogP contribution is -2.33. The Morgan fingerprint density at radius 3 is 2.30 bits per heavy atom. The largest absolute Gasteiger partial charge is 0.511 e. The average molecular weight is 324 g/mol. The molecule has 0 aromatic heterocycles. The van der Waals surface area contributed by atoms with Gasteiger partial charge in [0.1, 0.15) is 17.4 Å². The number of unbranched alkanes of at least 4 members (excludes halogenated alkanes) is 6. The van der Waals surface area contributed by atoms with Crippen LogP contribution in [0.15, 0.2) is 11.3 Å². The van der Waals surface area contributed by atoms with Crippen molar-refractivity contribution in [3.63, 3.8) is 0 Å². The van der Waals surface area contributed by atoms with Gasteiger partial charge in [-0.1, -0.05) is 59.3 Å². The first-order chi connectivity index (χ1) is 11.0. The van der Waals surface area contributed by atoms with Crippen LogP contribution in [0.25, 0.3) is 0 Å². The smallest absolute Gasteiger partial charge is 0.345 e. The van der Waals surface area contributed by atoms with Gasteiger partial charge in [-0.2, -0.15) is 0 Å². The molecule has 1 aliphatic rings. The Kier molecular flexibility index (Phi) is 8.97. The van der Waals surface area contributed by atoms with E-state index in [1.807, 2.05) is 13.8 Å². The van der Waals surface area contributed by atoms with E-state index in [9.17, 15) is 14.7 Å². The number of rotatable bonds is 10. The van der Waals surface area contributed by atoms with Gasteiger partial charge >= 0.3 is 5.97 Å². The molecule has 1 N–H and O–H groups in total. The number of carbonyl (C=O) groups excluding carboxylic acids is 2. The van der Waals surface area contributed by atoms with Gasteiger partial charge in [0.25, 0.3) is 0 Å². The zero-order valence-corrected chi connectivity index (χ0v) is 14.9. The van der Waals surface area contributed by atoms with Crippen LogP contribution in [0.1, 0.15) is 85.0 Å². The molecule has 1 rings (SSSR count). The van der Waals surface area contributed by atoms with Gasteiger partial charge in [-0.3, -0.25) is 4.79 Å². The molecule has 0 radical (unpaired) electrons. The Morgan fingerprint density at radius 2 is 1.74 bits per heavy atom. The molecule has 1 saturated heterocycles. The quantitative estimate of drug-likeness (QED) is 0.205. The summed E-state index contributed by atoms with van der Waals surface area (Å²) < 4.78 is 5.34. The van der Waals surface area contributed by atoms with Crippen LogP contribution in [-0.4, -0.2) is 23.0 Å². The maximum Gasteiger partial charge on any atom is 0.345 e. The second kappa shape index (κ2) is 10.5. The third kappa shape index (κ3) is 7.19.